The molecule has 0 aromatic heterocycles. The Morgan fingerprint density at radius 1 is 1.40 bits per heavy atom. The lowest BCUT2D eigenvalue weighted by Crippen LogP contribution is -2.38. The summed E-state index contributed by atoms with van der Waals surface area (Å²) in [6, 6.07) is 0.347. The Labute approximate surface area is 94.0 Å². The second kappa shape index (κ2) is 7.20. The third kappa shape index (κ3) is 5.50. The quantitative estimate of drug-likeness (QED) is 0.728. The maximum atomic E-state index is 6.02. The van der Waals surface area contributed by atoms with Gasteiger partial charge in [0.15, 0.2) is 0 Å². The van der Waals surface area contributed by atoms with Crippen LogP contribution in [0, 0.1) is 5.92 Å². The van der Waals surface area contributed by atoms with Gasteiger partial charge in [0, 0.05) is 32.3 Å². The van der Waals surface area contributed by atoms with Gasteiger partial charge in [-0.05, 0) is 32.2 Å². The first kappa shape index (κ1) is 12.9. The van der Waals surface area contributed by atoms with Crippen LogP contribution in [0.1, 0.15) is 32.6 Å². The molecule has 1 heterocycles. The predicted molar refractivity (Wildman–Crippen MR) is 63.9 cm³/mol. The third-order valence-corrected chi connectivity index (χ3v) is 3.12. The summed E-state index contributed by atoms with van der Waals surface area (Å²) in [7, 11) is 2.19. The Balaban J connectivity index is 2.13. The molecule has 0 radical (unpaired) electrons. The Morgan fingerprint density at radius 2 is 2.07 bits per heavy atom. The molecule has 0 bridgehead atoms. The van der Waals surface area contributed by atoms with E-state index in [1.165, 1.54) is 25.8 Å². The molecule has 1 saturated heterocycles. The van der Waals surface area contributed by atoms with Gasteiger partial charge in [0.1, 0.15) is 0 Å². The molecular weight excluding hydrogens is 188 g/mol. The van der Waals surface area contributed by atoms with Crippen LogP contribution in [0.25, 0.3) is 0 Å². The SMILES string of the molecule is CCCC(N)CN(C)CC1CCOCC1. The summed E-state index contributed by atoms with van der Waals surface area (Å²) in [6.07, 6.45) is 4.76. The topological polar surface area (TPSA) is 38.5 Å². The van der Waals surface area contributed by atoms with Gasteiger partial charge in [-0.3, -0.25) is 0 Å². The van der Waals surface area contributed by atoms with E-state index in [4.69, 9.17) is 10.5 Å². The number of nitrogens with two attached hydrogens (primary N) is 1. The Hall–Kier alpha value is -0.120. The standard InChI is InChI=1S/C12H26N2O/c1-3-4-12(13)10-14(2)9-11-5-7-15-8-6-11/h11-12H,3-10,13H2,1-2H3. The van der Waals surface area contributed by atoms with Crippen molar-refractivity contribution in [1.82, 2.24) is 4.90 Å². The molecule has 0 aromatic carbocycles. The summed E-state index contributed by atoms with van der Waals surface area (Å²) in [4.78, 5) is 2.39. The minimum Gasteiger partial charge on any atom is -0.381 e. The van der Waals surface area contributed by atoms with E-state index >= 15 is 0 Å². The fourth-order valence-electron chi connectivity index (χ4n) is 2.31. The minimum absolute atomic E-state index is 0.347. The van der Waals surface area contributed by atoms with Gasteiger partial charge in [-0.25, -0.2) is 0 Å². The molecule has 1 aliphatic heterocycles. The first-order valence-corrected chi connectivity index (χ1v) is 6.24. The van der Waals surface area contributed by atoms with Gasteiger partial charge in [0.25, 0.3) is 0 Å². The first-order chi connectivity index (χ1) is 7.22. The van der Waals surface area contributed by atoms with E-state index in [0.29, 0.717) is 6.04 Å². The van der Waals surface area contributed by atoms with Crippen LogP contribution in [0.5, 0.6) is 0 Å². The fraction of sp³-hybridized carbons (Fsp3) is 1.00. The molecule has 1 aliphatic rings. The molecule has 1 unspecified atom stereocenters. The molecular formula is C12H26N2O. The van der Waals surface area contributed by atoms with E-state index in [9.17, 15) is 0 Å². The van der Waals surface area contributed by atoms with Crippen LogP contribution in [0.4, 0.5) is 0 Å². The van der Waals surface area contributed by atoms with Gasteiger partial charge in [-0.15, -0.1) is 0 Å². The minimum atomic E-state index is 0.347. The molecule has 1 fully saturated rings. The van der Waals surface area contributed by atoms with Crippen LogP contribution in [0.2, 0.25) is 0 Å². The van der Waals surface area contributed by atoms with Gasteiger partial charge >= 0.3 is 0 Å². The molecule has 0 spiro atoms. The summed E-state index contributed by atoms with van der Waals surface area (Å²) < 4.78 is 5.36. The lowest BCUT2D eigenvalue weighted by molar-refractivity contribution is 0.0551. The number of hydrogen-bond acceptors (Lipinski definition) is 3. The molecule has 1 rings (SSSR count). The van der Waals surface area contributed by atoms with Crippen molar-refractivity contribution in [3.05, 3.63) is 0 Å². The van der Waals surface area contributed by atoms with Gasteiger partial charge in [-0.2, -0.15) is 0 Å². The van der Waals surface area contributed by atoms with Gasteiger partial charge in [-0.1, -0.05) is 13.3 Å². The summed E-state index contributed by atoms with van der Waals surface area (Å²) >= 11 is 0. The van der Waals surface area contributed by atoms with Crippen molar-refractivity contribution in [3.63, 3.8) is 0 Å². The second-order valence-corrected chi connectivity index (χ2v) is 4.83. The van der Waals surface area contributed by atoms with E-state index < -0.39 is 0 Å². The molecule has 1 atom stereocenters. The van der Waals surface area contributed by atoms with Crippen LogP contribution in [0.3, 0.4) is 0 Å². The molecule has 15 heavy (non-hydrogen) atoms. The fourth-order valence-corrected chi connectivity index (χ4v) is 2.31. The largest absolute Gasteiger partial charge is 0.381 e. The lowest BCUT2D eigenvalue weighted by Gasteiger charge is -2.28. The Kier molecular flexibility index (Phi) is 6.22. The van der Waals surface area contributed by atoms with E-state index in [1.807, 2.05) is 0 Å². The Bertz CT molecular complexity index is 158. The number of nitrogens with zero attached hydrogens (tertiary/aromatic N) is 1. The maximum Gasteiger partial charge on any atom is 0.0469 e. The molecule has 0 aliphatic carbocycles. The van der Waals surface area contributed by atoms with Crippen molar-refractivity contribution in [1.29, 1.82) is 0 Å². The predicted octanol–water partition coefficient (Wildman–Crippen LogP) is 1.47. The monoisotopic (exact) mass is 214 g/mol. The second-order valence-electron chi connectivity index (χ2n) is 4.83. The van der Waals surface area contributed by atoms with Crippen LogP contribution in [-0.2, 0) is 4.74 Å². The van der Waals surface area contributed by atoms with Crippen LogP contribution >= 0.6 is 0 Å². The van der Waals surface area contributed by atoms with E-state index in [0.717, 1.165) is 32.1 Å². The summed E-state index contributed by atoms with van der Waals surface area (Å²) in [5.41, 5.74) is 6.02. The summed E-state index contributed by atoms with van der Waals surface area (Å²) in [5, 5.41) is 0. The van der Waals surface area contributed by atoms with Crippen molar-refractivity contribution in [3.8, 4) is 0 Å². The average molecular weight is 214 g/mol. The highest BCUT2D eigenvalue weighted by Crippen LogP contribution is 2.15. The summed E-state index contributed by atoms with van der Waals surface area (Å²) in [6.45, 7) is 6.29. The van der Waals surface area contributed by atoms with Crippen LogP contribution < -0.4 is 5.73 Å². The highest BCUT2D eigenvalue weighted by molar-refractivity contribution is 4.70. The maximum absolute atomic E-state index is 6.02. The number of likely N-dealkylation sites (N-methyl/N-ethyl adjacent to an activating group) is 1. The zero-order valence-corrected chi connectivity index (χ0v) is 10.2. The van der Waals surface area contributed by atoms with E-state index in [1.54, 1.807) is 0 Å². The van der Waals surface area contributed by atoms with Gasteiger partial charge in [0.05, 0.1) is 0 Å². The smallest absolute Gasteiger partial charge is 0.0469 e. The van der Waals surface area contributed by atoms with Crippen molar-refractivity contribution in [2.75, 3.05) is 33.4 Å². The molecule has 90 valence electrons. The number of hydrogen-bond donors (Lipinski definition) is 1. The van der Waals surface area contributed by atoms with Crippen molar-refractivity contribution < 1.29 is 4.74 Å². The van der Waals surface area contributed by atoms with E-state index in [2.05, 4.69) is 18.9 Å². The van der Waals surface area contributed by atoms with Crippen molar-refractivity contribution >= 4 is 0 Å². The molecule has 2 N–H and O–H groups in total. The molecule has 3 heteroatoms. The molecule has 0 aromatic rings. The van der Waals surface area contributed by atoms with Crippen LogP contribution in [0.15, 0.2) is 0 Å². The molecule has 0 amide bonds. The van der Waals surface area contributed by atoms with E-state index in [-0.39, 0.29) is 0 Å². The average Bonchev–Trinajstić information content (AvgIpc) is 2.19. The lowest BCUT2D eigenvalue weighted by atomic mass is 9.99. The van der Waals surface area contributed by atoms with Gasteiger partial charge < -0.3 is 15.4 Å². The summed E-state index contributed by atoms with van der Waals surface area (Å²) in [5.74, 6) is 0.817. The van der Waals surface area contributed by atoms with Crippen molar-refractivity contribution in [2.24, 2.45) is 11.7 Å². The Morgan fingerprint density at radius 3 is 2.67 bits per heavy atom. The normalized spacial score (nSPS) is 20.8. The zero-order chi connectivity index (χ0) is 11.1. The number of rotatable bonds is 6. The highest BCUT2D eigenvalue weighted by atomic mass is 16.5. The van der Waals surface area contributed by atoms with Crippen molar-refractivity contribution in [2.45, 2.75) is 38.6 Å². The number of ether oxygens (including phenoxy) is 1. The van der Waals surface area contributed by atoms with Crippen LogP contribution in [-0.4, -0.2) is 44.3 Å². The first-order valence-electron chi connectivity index (χ1n) is 6.24. The zero-order valence-electron chi connectivity index (χ0n) is 10.2. The highest BCUT2D eigenvalue weighted by Gasteiger charge is 2.16. The van der Waals surface area contributed by atoms with Gasteiger partial charge in [0.2, 0.25) is 0 Å². The molecule has 0 saturated carbocycles. The third-order valence-electron chi connectivity index (χ3n) is 3.12. The molecule has 3 nitrogen and oxygen atoms in total.